The van der Waals surface area contributed by atoms with Crippen molar-refractivity contribution in [3.8, 4) is 11.5 Å². The van der Waals surface area contributed by atoms with Gasteiger partial charge in [-0.3, -0.25) is 14.5 Å². The van der Waals surface area contributed by atoms with Crippen LogP contribution >= 0.6 is 12.4 Å². The molecule has 0 spiro atoms. The summed E-state index contributed by atoms with van der Waals surface area (Å²) in [4.78, 5) is 31.2. The number of aromatic amines is 1. The third kappa shape index (κ3) is 7.66. The first-order chi connectivity index (χ1) is 20.0. The molecule has 7 heteroatoms. The van der Waals surface area contributed by atoms with Gasteiger partial charge in [-0.2, -0.15) is 0 Å². The second kappa shape index (κ2) is 14.5. The monoisotopic (exact) mass is 582 g/mol. The number of halogens is 1. The summed E-state index contributed by atoms with van der Waals surface area (Å²) < 4.78 is 11.4. The zero-order chi connectivity index (χ0) is 28.6. The number of carbonyl (C=O) groups excluding carboxylic acids is 1. The van der Waals surface area contributed by atoms with E-state index < -0.39 is 0 Å². The summed E-state index contributed by atoms with van der Waals surface area (Å²) in [6.07, 6.45) is 0.782. The van der Waals surface area contributed by atoms with Gasteiger partial charge in [0.05, 0.1) is 19.2 Å². The Labute approximate surface area is 252 Å². The van der Waals surface area contributed by atoms with Crippen LogP contribution in [-0.2, 0) is 19.6 Å². The van der Waals surface area contributed by atoms with E-state index in [-0.39, 0.29) is 36.3 Å². The van der Waals surface area contributed by atoms with E-state index in [0.717, 1.165) is 23.3 Å². The highest BCUT2D eigenvalue weighted by atomic mass is 35.5. The number of aromatic nitrogens is 1. The number of nitrogens with one attached hydrogen (secondary N) is 1. The van der Waals surface area contributed by atoms with Crippen LogP contribution in [0.3, 0.4) is 0 Å². The van der Waals surface area contributed by atoms with Crippen molar-refractivity contribution in [1.29, 1.82) is 0 Å². The molecule has 216 valence electrons. The number of carbonyl (C=O) groups is 1. The Morgan fingerprint density at radius 3 is 2.14 bits per heavy atom. The average Bonchev–Trinajstić information content (AvgIpc) is 3.00. The lowest BCUT2D eigenvalue weighted by Gasteiger charge is -2.29. The van der Waals surface area contributed by atoms with E-state index >= 15 is 0 Å². The number of ether oxygens (including phenoxy) is 2. The van der Waals surface area contributed by atoms with Crippen molar-refractivity contribution in [2.45, 2.75) is 32.5 Å². The van der Waals surface area contributed by atoms with Gasteiger partial charge in [-0.15, -0.1) is 12.4 Å². The van der Waals surface area contributed by atoms with Crippen LogP contribution in [-0.4, -0.2) is 35.4 Å². The number of fused-ring (bicyclic) bond motifs is 1. The number of H-pyrrole nitrogens is 1. The molecule has 0 unspecified atom stereocenters. The molecule has 1 heterocycles. The number of methoxy groups -OCH3 is 1. The van der Waals surface area contributed by atoms with Crippen molar-refractivity contribution in [2.75, 3.05) is 13.7 Å². The molecule has 0 aliphatic carbocycles. The standard InChI is InChI=1S/C35H34N2O4.ClH/c1-25(21-26-13-15-29(40-2)16-14-26)37(22-27-9-5-3-6-10-27)23-32(38)30-17-19-33(35-31(30)18-20-34(39)36-35)41-24-28-11-7-4-8-12-28;/h3-20,25H,21-24H2,1-2H3,(H,36,39);1H/t25-;/m1./s1. The van der Waals surface area contributed by atoms with Gasteiger partial charge >= 0.3 is 0 Å². The molecule has 0 bridgehead atoms. The first-order valence-corrected chi connectivity index (χ1v) is 13.8. The molecule has 42 heavy (non-hydrogen) atoms. The van der Waals surface area contributed by atoms with E-state index in [2.05, 4.69) is 41.1 Å². The Morgan fingerprint density at radius 2 is 1.48 bits per heavy atom. The van der Waals surface area contributed by atoms with Crippen LogP contribution in [0, 0.1) is 0 Å². The van der Waals surface area contributed by atoms with E-state index in [1.807, 2.05) is 60.7 Å². The normalized spacial score (nSPS) is 11.6. The molecule has 6 nitrogen and oxygen atoms in total. The minimum Gasteiger partial charge on any atom is -0.497 e. The van der Waals surface area contributed by atoms with E-state index in [1.165, 1.54) is 11.6 Å². The fourth-order valence-corrected chi connectivity index (χ4v) is 5.01. The molecule has 4 aromatic carbocycles. The SMILES string of the molecule is COc1ccc(C[C@@H](C)N(CC(=O)c2ccc(OCc3ccccc3)c3[nH]c(=O)ccc23)Cc2ccccc2)cc1.Cl. The fraction of sp³-hybridized carbons (Fsp3) is 0.200. The molecule has 0 saturated heterocycles. The van der Waals surface area contributed by atoms with Gasteiger partial charge in [0.2, 0.25) is 5.56 Å². The van der Waals surface area contributed by atoms with Crippen molar-refractivity contribution < 1.29 is 14.3 Å². The molecule has 0 aliphatic heterocycles. The number of hydrogen-bond acceptors (Lipinski definition) is 5. The van der Waals surface area contributed by atoms with E-state index in [1.54, 1.807) is 25.3 Å². The van der Waals surface area contributed by atoms with Crippen LogP contribution in [0.5, 0.6) is 11.5 Å². The van der Waals surface area contributed by atoms with Crippen LogP contribution in [0.25, 0.3) is 10.9 Å². The third-order valence-corrected chi connectivity index (χ3v) is 7.28. The Morgan fingerprint density at radius 1 is 0.810 bits per heavy atom. The van der Waals surface area contributed by atoms with Gasteiger partial charge in [-0.1, -0.05) is 72.8 Å². The summed E-state index contributed by atoms with van der Waals surface area (Å²) in [5.74, 6) is 1.33. The number of pyridine rings is 1. The average molecular weight is 583 g/mol. The molecule has 0 fully saturated rings. The molecule has 5 aromatic rings. The lowest BCUT2D eigenvalue weighted by atomic mass is 10.0. The van der Waals surface area contributed by atoms with Crippen LogP contribution in [0.1, 0.15) is 34.0 Å². The largest absolute Gasteiger partial charge is 0.497 e. The molecule has 1 N–H and O–H groups in total. The summed E-state index contributed by atoms with van der Waals surface area (Å²) >= 11 is 0. The van der Waals surface area contributed by atoms with Crippen molar-refractivity contribution in [1.82, 2.24) is 9.88 Å². The number of Topliss-reactive ketones (excluding diaryl/α,β-unsaturated/α-hetero) is 1. The van der Waals surface area contributed by atoms with Crippen molar-refractivity contribution in [2.24, 2.45) is 0 Å². The number of benzene rings is 4. The number of nitrogens with zero attached hydrogens (tertiary/aromatic N) is 1. The molecule has 5 rings (SSSR count). The fourth-order valence-electron chi connectivity index (χ4n) is 5.01. The van der Waals surface area contributed by atoms with Gasteiger partial charge in [-0.25, -0.2) is 0 Å². The Kier molecular flexibility index (Phi) is 10.5. The molecule has 0 radical (unpaired) electrons. The number of hydrogen-bond donors (Lipinski definition) is 1. The van der Waals surface area contributed by atoms with Gasteiger partial charge in [0, 0.05) is 29.6 Å². The lowest BCUT2D eigenvalue weighted by molar-refractivity contribution is 0.0891. The maximum absolute atomic E-state index is 13.9. The summed E-state index contributed by atoms with van der Waals surface area (Å²) in [5, 5.41) is 0.669. The van der Waals surface area contributed by atoms with E-state index in [0.29, 0.717) is 35.4 Å². The smallest absolute Gasteiger partial charge is 0.248 e. The summed E-state index contributed by atoms with van der Waals surface area (Å²) in [7, 11) is 1.66. The highest BCUT2D eigenvalue weighted by Gasteiger charge is 2.22. The Balaban J connectivity index is 0.00000405. The van der Waals surface area contributed by atoms with Crippen LogP contribution in [0.4, 0.5) is 0 Å². The maximum Gasteiger partial charge on any atom is 0.248 e. The number of ketones is 1. The molecule has 1 atom stereocenters. The minimum atomic E-state index is -0.245. The lowest BCUT2D eigenvalue weighted by Crippen LogP contribution is -2.38. The summed E-state index contributed by atoms with van der Waals surface area (Å²) in [6.45, 7) is 3.37. The molecule has 1 aromatic heterocycles. The first-order valence-electron chi connectivity index (χ1n) is 13.8. The zero-order valence-corrected chi connectivity index (χ0v) is 24.6. The van der Waals surface area contributed by atoms with Crippen LogP contribution in [0.2, 0.25) is 0 Å². The second-order valence-corrected chi connectivity index (χ2v) is 10.2. The zero-order valence-electron chi connectivity index (χ0n) is 23.8. The quantitative estimate of drug-likeness (QED) is 0.163. The predicted molar refractivity (Wildman–Crippen MR) is 170 cm³/mol. The van der Waals surface area contributed by atoms with E-state index in [9.17, 15) is 9.59 Å². The predicted octanol–water partition coefficient (Wildman–Crippen LogP) is 6.85. The molecular weight excluding hydrogens is 548 g/mol. The molecule has 0 aliphatic rings. The molecular formula is C35H35ClN2O4. The van der Waals surface area contributed by atoms with Crippen molar-refractivity contribution in [3.63, 3.8) is 0 Å². The Hall–Kier alpha value is -4.39. The highest BCUT2D eigenvalue weighted by Crippen LogP contribution is 2.28. The minimum absolute atomic E-state index is 0. The summed E-state index contributed by atoms with van der Waals surface area (Å²) in [6, 6.07) is 34.9. The van der Waals surface area contributed by atoms with Gasteiger partial charge < -0.3 is 14.5 Å². The third-order valence-electron chi connectivity index (χ3n) is 7.28. The van der Waals surface area contributed by atoms with Gasteiger partial charge in [-0.05, 0) is 60.4 Å². The molecule has 0 amide bonds. The maximum atomic E-state index is 13.9. The molecule has 0 saturated carbocycles. The first kappa shape index (κ1) is 30.6. The van der Waals surface area contributed by atoms with E-state index in [4.69, 9.17) is 9.47 Å². The van der Waals surface area contributed by atoms with Gasteiger partial charge in [0.15, 0.2) is 5.78 Å². The second-order valence-electron chi connectivity index (χ2n) is 10.2. The van der Waals surface area contributed by atoms with Crippen molar-refractivity contribution >= 4 is 29.1 Å². The van der Waals surface area contributed by atoms with Gasteiger partial charge in [0.25, 0.3) is 0 Å². The Bertz CT molecular complexity index is 1650. The number of rotatable bonds is 12. The summed E-state index contributed by atoms with van der Waals surface area (Å²) in [5.41, 5.74) is 4.16. The topological polar surface area (TPSA) is 71.6 Å². The van der Waals surface area contributed by atoms with Crippen LogP contribution < -0.4 is 15.0 Å². The van der Waals surface area contributed by atoms with Crippen LogP contribution in [0.15, 0.2) is 114 Å². The highest BCUT2D eigenvalue weighted by molar-refractivity contribution is 6.09. The van der Waals surface area contributed by atoms with Crippen molar-refractivity contribution in [3.05, 3.63) is 142 Å². The van der Waals surface area contributed by atoms with Gasteiger partial charge in [0.1, 0.15) is 18.1 Å².